The van der Waals surface area contributed by atoms with E-state index in [0.29, 0.717) is 24.1 Å². The highest BCUT2D eigenvalue weighted by Crippen LogP contribution is 2.32. The number of nitrogens with two attached hydrogens (primary N) is 1. The molecule has 132 valence electrons. The molecule has 0 radical (unpaired) electrons. The number of hydrogen-bond acceptors (Lipinski definition) is 3. The number of likely N-dealkylation sites (tertiary alicyclic amines) is 1. The predicted octanol–water partition coefficient (Wildman–Crippen LogP) is 3.77. The van der Waals surface area contributed by atoms with Gasteiger partial charge in [0.05, 0.1) is 5.75 Å². The lowest BCUT2D eigenvalue weighted by molar-refractivity contribution is -0.127. The van der Waals surface area contributed by atoms with Gasteiger partial charge in [-0.3, -0.25) is 4.79 Å². The molecule has 0 aromatic heterocycles. The van der Waals surface area contributed by atoms with Gasteiger partial charge >= 0.3 is 0 Å². The second kappa shape index (κ2) is 8.75. The van der Waals surface area contributed by atoms with Gasteiger partial charge in [0.2, 0.25) is 5.91 Å². The predicted molar refractivity (Wildman–Crippen MR) is 106 cm³/mol. The highest BCUT2D eigenvalue weighted by Gasteiger charge is 2.34. The number of amides is 1. The van der Waals surface area contributed by atoms with Gasteiger partial charge in [0.1, 0.15) is 0 Å². The Morgan fingerprint density at radius 3 is 2.68 bits per heavy atom. The minimum Gasteiger partial charge on any atom is -0.341 e. The molecule has 2 atom stereocenters. The average molecular weight is 375 g/mol. The highest BCUT2D eigenvalue weighted by molar-refractivity contribution is 7.99. The number of hydrogen-bond donors (Lipinski definition) is 1. The average Bonchev–Trinajstić information content (AvgIpc) is 3.07. The zero-order valence-corrected chi connectivity index (χ0v) is 15.7. The molecule has 1 heterocycles. The molecule has 25 heavy (non-hydrogen) atoms. The summed E-state index contributed by atoms with van der Waals surface area (Å²) in [4.78, 5) is 14.6. The van der Waals surface area contributed by atoms with E-state index in [1.165, 1.54) is 5.56 Å². The molecular formula is C20H23ClN2OS. The lowest BCUT2D eigenvalue weighted by atomic mass is 9.89. The molecule has 0 spiro atoms. The Kier molecular flexibility index (Phi) is 6.40. The van der Waals surface area contributed by atoms with Crippen LogP contribution in [0, 0.1) is 5.92 Å². The summed E-state index contributed by atoms with van der Waals surface area (Å²) >= 11 is 7.63. The molecule has 2 aromatic carbocycles. The van der Waals surface area contributed by atoms with Crippen molar-refractivity contribution in [2.45, 2.75) is 11.7 Å². The smallest absolute Gasteiger partial charge is 0.232 e. The topological polar surface area (TPSA) is 46.3 Å². The van der Waals surface area contributed by atoms with Crippen LogP contribution in [-0.2, 0) is 10.5 Å². The number of carbonyl (C=O) groups is 1. The van der Waals surface area contributed by atoms with E-state index in [2.05, 4.69) is 12.1 Å². The molecule has 1 fully saturated rings. The van der Waals surface area contributed by atoms with E-state index in [1.54, 1.807) is 11.8 Å². The van der Waals surface area contributed by atoms with Gasteiger partial charge in [-0.25, -0.2) is 0 Å². The number of halogens is 1. The molecule has 1 amide bonds. The van der Waals surface area contributed by atoms with Crippen molar-refractivity contribution >= 4 is 29.3 Å². The van der Waals surface area contributed by atoms with E-state index in [1.807, 2.05) is 47.4 Å². The van der Waals surface area contributed by atoms with Gasteiger partial charge in [-0.1, -0.05) is 54.1 Å². The molecule has 3 nitrogen and oxygen atoms in total. The van der Waals surface area contributed by atoms with Crippen molar-refractivity contribution in [3.05, 3.63) is 70.7 Å². The first-order valence-corrected chi connectivity index (χ1v) is 10.1. The zero-order chi connectivity index (χ0) is 17.6. The third-order valence-corrected chi connectivity index (χ3v) is 5.93. The van der Waals surface area contributed by atoms with E-state index >= 15 is 0 Å². The molecule has 0 aliphatic carbocycles. The summed E-state index contributed by atoms with van der Waals surface area (Å²) in [6, 6.07) is 18.2. The Morgan fingerprint density at radius 2 is 1.96 bits per heavy atom. The maximum Gasteiger partial charge on any atom is 0.232 e. The van der Waals surface area contributed by atoms with Crippen molar-refractivity contribution in [1.29, 1.82) is 0 Å². The second-order valence-corrected chi connectivity index (χ2v) is 7.86. The minimum atomic E-state index is 0.198. The van der Waals surface area contributed by atoms with Gasteiger partial charge in [0, 0.05) is 29.8 Å². The van der Waals surface area contributed by atoms with Crippen molar-refractivity contribution in [3.8, 4) is 0 Å². The van der Waals surface area contributed by atoms with Crippen LogP contribution in [0.3, 0.4) is 0 Å². The zero-order valence-electron chi connectivity index (χ0n) is 14.1. The number of carbonyl (C=O) groups excluding carboxylic acids is 1. The fourth-order valence-electron chi connectivity index (χ4n) is 3.37. The van der Waals surface area contributed by atoms with Gasteiger partial charge in [0.25, 0.3) is 0 Å². The quantitative estimate of drug-likeness (QED) is 0.837. The summed E-state index contributed by atoms with van der Waals surface area (Å²) in [5.74, 6) is 2.16. The molecule has 1 aliphatic rings. The molecule has 2 N–H and O–H groups in total. The fraction of sp³-hybridized carbons (Fsp3) is 0.350. The third-order valence-electron chi connectivity index (χ3n) is 4.71. The summed E-state index contributed by atoms with van der Waals surface area (Å²) in [7, 11) is 0. The molecule has 0 unspecified atom stereocenters. The van der Waals surface area contributed by atoms with Crippen LogP contribution in [0.5, 0.6) is 0 Å². The van der Waals surface area contributed by atoms with E-state index in [-0.39, 0.29) is 5.91 Å². The third kappa shape index (κ3) is 4.78. The first-order chi connectivity index (χ1) is 12.2. The van der Waals surface area contributed by atoms with Gasteiger partial charge in [-0.05, 0) is 35.7 Å². The Labute approximate surface area is 158 Å². The van der Waals surface area contributed by atoms with Gasteiger partial charge in [0.15, 0.2) is 0 Å². The normalized spacial score (nSPS) is 20.0. The monoisotopic (exact) mass is 374 g/mol. The van der Waals surface area contributed by atoms with Gasteiger partial charge < -0.3 is 10.6 Å². The standard InChI is InChI=1S/C20H23ClN2OS/c21-18-8-4-5-15(9-18)13-25-14-20(24)23-11-17(10-22)19(12-23)16-6-2-1-3-7-16/h1-9,17,19H,10-14,22H2/t17-,19+/m1/s1. The van der Waals surface area contributed by atoms with E-state index in [0.717, 1.165) is 29.4 Å². The molecular weight excluding hydrogens is 352 g/mol. The van der Waals surface area contributed by atoms with Crippen LogP contribution in [0.15, 0.2) is 54.6 Å². The lowest BCUT2D eigenvalue weighted by Crippen LogP contribution is -2.31. The summed E-state index contributed by atoms with van der Waals surface area (Å²) in [5, 5.41) is 0.737. The van der Waals surface area contributed by atoms with Gasteiger partial charge in [-0.15, -0.1) is 11.8 Å². The van der Waals surface area contributed by atoms with Crippen LogP contribution in [0.4, 0.5) is 0 Å². The van der Waals surface area contributed by atoms with Crippen LogP contribution < -0.4 is 5.73 Å². The molecule has 1 saturated heterocycles. The van der Waals surface area contributed by atoms with E-state index < -0.39 is 0 Å². The second-order valence-electron chi connectivity index (χ2n) is 6.43. The molecule has 2 aromatic rings. The van der Waals surface area contributed by atoms with Crippen molar-refractivity contribution in [1.82, 2.24) is 4.90 Å². The Bertz CT molecular complexity index is 710. The first kappa shape index (κ1) is 18.3. The molecule has 1 aliphatic heterocycles. The largest absolute Gasteiger partial charge is 0.341 e. The summed E-state index contributed by atoms with van der Waals surface area (Å²) in [5.41, 5.74) is 8.38. The van der Waals surface area contributed by atoms with Gasteiger partial charge in [-0.2, -0.15) is 0 Å². The molecule has 0 bridgehead atoms. The van der Waals surface area contributed by atoms with E-state index in [4.69, 9.17) is 17.3 Å². The van der Waals surface area contributed by atoms with Crippen molar-refractivity contribution < 1.29 is 4.79 Å². The number of rotatable bonds is 6. The highest BCUT2D eigenvalue weighted by atomic mass is 35.5. The van der Waals surface area contributed by atoms with Crippen molar-refractivity contribution in [3.63, 3.8) is 0 Å². The lowest BCUT2D eigenvalue weighted by Gasteiger charge is -2.16. The van der Waals surface area contributed by atoms with E-state index in [9.17, 15) is 4.79 Å². The molecule has 3 rings (SSSR count). The van der Waals surface area contributed by atoms with Crippen LogP contribution in [0.1, 0.15) is 17.0 Å². The minimum absolute atomic E-state index is 0.198. The Balaban J connectivity index is 1.54. The summed E-state index contributed by atoms with van der Waals surface area (Å²) in [6.45, 7) is 2.13. The number of thioether (sulfide) groups is 1. The van der Waals surface area contributed by atoms with Crippen molar-refractivity contribution in [2.75, 3.05) is 25.4 Å². The van der Waals surface area contributed by atoms with Crippen molar-refractivity contribution in [2.24, 2.45) is 11.7 Å². The Hall–Kier alpha value is -1.49. The van der Waals surface area contributed by atoms with Crippen LogP contribution in [0.25, 0.3) is 0 Å². The number of benzene rings is 2. The van der Waals surface area contributed by atoms with Crippen LogP contribution >= 0.6 is 23.4 Å². The molecule has 5 heteroatoms. The number of nitrogens with zero attached hydrogens (tertiary/aromatic N) is 1. The SMILES string of the molecule is NC[C@@H]1CN(C(=O)CSCc2cccc(Cl)c2)C[C@H]1c1ccccc1. The molecule has 0 saturated carbocycles. The first-order valence-electron chi connectivity index (χ1n) is 8.52. The maximum atomic E-state index is 12.6. The Morgan fingerprint density at radius 1 is 1.16 bits per heavy atom. The van der Waals surface area contributed by atoms with Crippen LogP contribution in [-0.4, -0.2) is 36.2 Å². The summed E-state index contributed by atoms with van der Waals surface area (Å²) < 4.78 is 0. The summed E-state index contributed by atoms with van der Waals surface area (Å²) in [6.07, 6.45) is 0. The maximum absolute atomic E-state index is 12.6. The fourth-order valence-corrected chi connectivity index (χ4v) is 4.45. The van der Waals surface area contributed by atoms with Crippen LogP contribution in [0.2, 0.25) is 5.02 Å².